The van der Waals surface area contributed by atoms with E-state index in [2.05, 4.69) is 17.4 Å². The highest BCUT2D eigenvalue weighted by atomic mass is 32.1. The molecule has 1 saturated heterocycles. The zero-order valence-corrected chi connectivity index (χ0v) is 7.50. The third-order valence-electron chi connectivity index (χ3n) is 1.98. The molecule has 0 amide bonds. The Morgan fingerprint density at radius 2 is 1.69 bits per heavy atom. The summed E-state index contributed by atoms with van der Waals surface area (Å²) < 4.78 is 4.63. The van der Waals surface area contributed by atoms with Gasteiger partial charge in [-0.25, -0.2) is 0 Å². The Labute approximate surface area is 79.8 Å². The van der Waals surface area contributed by atoms with Crippen LogP contribution < -0.4 is 0 Å². The molecular weight excluding hydrogens is 200 g/mol. The molecule has 0 spiro atoms. The van der Waals surface area contributed by atoms with Crippen molar-refractivity contribution in [2.45, 2.75) is 29.5 Å². The summed E-state index contributed by atoms with van der Waals surface area (Å²) in [5, 5.41) is 45.3. The molecule has 0 aromatic rings. The molecule has 5 unspecified atom stereocenters. The number of aliphatic hydroxyl groups is 5. The molecule has 1 heterocycles. The predicted molar refractivity (Wildman–Crippen MR) is 43.9 cm³/mol. The fourth-order valence-corrected chi connectivity index (χ4v) is 1.36. The Hall–Kier alpha value is 0.110. The van der Waals surface area contributed by atoms with Gasteiger partial charge in [0, 0.05) is 0 Å². The average Bonchev–Trinajstić information content (AvgIpc) is 2.12. The predicted octanol–water partition coefficient (Wildman–Crippen LogP) is -2.96. The van der Waals surface area contributed by atoms with E-state index in [-0.39, 0.29) is 0 Å². The van der Waals surface area contributed by atoms with Crippen LogP contribution in [0, 0.1) is 0 Å². The third-order valence-corrected chi connectivity index (χ3v) is 2.49. The maximum atomic E-state index is 9.30. The third kappa shape index (κ3) is 1.82. The second-order valence-electron chi connectivity index (χ2n) is 2.94. The molecule has 0 aliphatic carbocycles. The van der Waals surface area contributed by atoms with Gasteiger partial charge in [0.1, 0.15) is 18.3 Å². The smallest absolute Gasteiger partial charge is 0.185 e. The summed E-state index contributed by atoms with van der Waals surface area (Å²) in [5.74, 6) is 0. The van der Waals surface area contributed by atoms with Crippen molar-refractivity contribution in [1.29, 1.82) is 0 Å². The number of rotatable bonds is 1. The van der Waals surface area contributed by atoms with Crippen LogP contribution in [0.1, 0.15) is 0 Å². The largest absolute Gasteiger partial charge is 0.392 e. The fraction of sp³-hybridized carbons (Fsp3) is 1.00. The molecule has 5 N–H and O–H groups in total. The van der Waals surface area contributed by atoms with Gasteiger partial charge in [-0.15, -0.1) is 12.6 Å². The maximum Gasteiger partial charge on any atom is 0.185 e. The second kappa shape index (κ2) is 3.70. The molecule has 0 aromatic carbocycles. The van der Waals surface area contributed by atoms with E-state index < -0.39 is 36.1 Å². The van der Waals surface area contributed by atoms with Crippen LogP contribution in [-0.2, 0) is 4.74 Å². The van der Waals surface area contributed by atoms with E-state index in [1.165, 1.54) is 0 Å². The minimum Gasteiger partial charge on any atom is -0.392 e. The van der Waals surface area contributed by atoms with Crippen molar-refractivity contribution in [2.75, 3.05) is 6.61 Å². The zero-order valence-electron chi connectivity index (χ0n) is 6.61. The molecule has 1 fully saturated rings. The summed E-state index contributed by atoms with van der Waals surface area (Å²) in [6.07, 6.45) is -6.46. The topological polar surface area (TPSA) is 110 Å². The summed E-state index contributed by atoms with van der Waals surface area (Å²) in [5.41, 5.74) is 0. The van der Waals surface area contributed by atoms with E-state index in [1.807, 2.05) is 0 Å². The first-order valence-electron chi connectivity index (χ1n) is 3.65. The van der Waals surface area contributed by atoms with Crippen molar-refractivity contribution in [3.05, 3.63) is 0 Å². The average molecular weight is 212 g/mol. The number of thiol groups is 1. The van der Waals surface area contributed by atoms with Gasteiger partial charge in [-0.05, 0) is 0 Å². The molecular formula is C6H12O6S. The van der Waals surface area contributed by atoms with Crippen LogP contribution in [-0.4, -0.2) is 61.7 Å². The van der Waals surface area contributed by atoms with Gasteiger partial charge in [-0.2, -0.15) is 0 Å². The van der Waals surface area contributed by atoms with E-state index >= 15 is 0 Å². The molecule has 1 aliphatic rings. The molecule has 0 bridgehead atoms. The van der Waals surface area contributed by atoms with Gasteiger partial charge < -0.3 is 30.3 Å². The molecule has 0 aromatic heterocycles. The van der Waals surface area contributed by atoms with Crippen LogP contribution in [0.25, 0.3) is 0 Å². The zero-order chi connectivity index (χ0) is 10.2. The highest BCUT2D eigenvalue weighted by molar-refractivity contribution is 7.81. The quantitative estimate of drug-likeness (QED) is 0.259. The molecule has 0 saturated carbocycles. The summed E-state index contributed by atoms with van der Waals surface area (Å²) in [4.78, 5) is -1.75. The van der Waals surface area contributed by atoms with Crippen molar-refractivity contribution in [2.24, 2.45) is 0 Å². The molecule has 78 valence electrons. The lowest BCUT2D eigenvalue weighted by Gasteiger charge is -2.43. The van der Waals surface area contributed by atoms with Crippen LogP contribution in [0.5, 0.6) is 0 Å². The van der Waals surface area contributed by atoms with Crippen LogP contribution in [0.4, 0.5) is 0 Å². The Bertz CT molecular complexity index is 190. The first-order chi connectivity index (χ1) is 5.92. The summed E-state index contributed by atoms with van der Waals surface area (Å²) in [7, 11) is 0. The van der Waals surface area contributed by atoms with Crippen molar-refractivity contribution >= 4 is 12.6 Å². The van der Waals surface area contributed by atoms with Crippen LogP contribution >= 0.6 is 12.6 Å². The number of aliphatic hydroxyl groups excluding tert-OH is 5. The molecule has 5 atom stereocenters. The Morgan fingerprint density at radius 1 is 1.15 bits per heavy atom. The lowest BCUT2D eigenvalue weighted by Crippen LogP contribution is -2.63. The van der Waals surface area contributed by atoms with Crippen molar-refractivity contribution in [3.8, 4) is 0 Å². The van der Waals surface area contributed by atoms with Gasteiger partial charge in [-0.1, -0.05) is 0 Å². The van der Waals surface area contributed by atoms with Gasteiger partial charge in [0.2, 0.25) is 0 Å². The van der Waals surface area contributed by atoms with E-state index in [1.54, 1.807) is 0 Å². The molecule has 13 heavy (non-hydrogen) atoms. The van der Waals surface area contributed by atoms with Crippen molar-refractivity contribution < 1.29 is 30.3 Å². The highest BCUT2D eigenvalue weighted by Gasteiger charge is 2.50. The van der Waals surface area contributed by atoms with E-state index in [0.717, 1.165) is 0 Å². The Morgan fingerprint density at radius 3 is 2.15 bits per heavy atom. The van der Waals surface area contributed by atoms with E-state index in [0.29, 0.717) is 0 Å². The van der Waals surface area contributed by atoms with Gasteiger partial charge >= 0.3 is 0 Å². The number of hydrogen-bond acceptors (Lipinski definition) is 7. The van der Waals surface area contributed by atoms with Crippen LogP contribution in [0.2, 0.25) is 0 Å². The number of hydrogen-bond donors (Lipinski definition) is 6. The molecule has 1 aliphatic heterocycles. The Balaban J connectivity index is 2.82. The molecule has 6 nitrogen and oxygen atoms in total. The lowest BCUT2D eigenvalue weighted by atomic mass is 9.99. The van der Waals surface area contributed by atoms with Crippen molar-refractivity contribution in [3.63, 3.8) is 0 Å². The monoisotopic (exact) mass is 212 g/mol. The minimum atomic E-state index is -1.75. The molecule has 7 heteroatoms. The maximum absolute atomic E-state index is 9.30. The summed E-state index contributed by atoms with van der Waals surface area (Å²) >= 11 is 3.75. The summed E-state index contributed by atoms with van der Waals surface area (Å²) in [6, 6.07) is 0. The standard InChI is InChI=1S/C6H12O6S/c7-1-6(13)4(10)2(8)3(9)5(11)12-6/h2-5,7-11,13H,1H2. The Kier molecular flexibility index (Phi) is 3.18. The van der Waals surface area contributed by atoms with Crippen LogP contribution in [0.3, 0.4) is 0 Å². The SMILES string of the molecule is OCC1(S)OC(O)C(O)C(O)C1O. The summed E-state index contributed by atoms with van der Waals surface area (Å²) in [6.45, 7) is -0.696. The van der Waals surface area contributed by atoms with Gasteiger partial charge in [-0.3, -0.25) is 0 Å². The molecule has 0 radical (unpaired) electrons. The first kappa shape index (κ1) is 11.2. The number of ether oxygens (including phenoxy) is 1. The second-order valence-corrected chi connectivity index (χ2v) is 3.69. The molecule has 1 rings (SSSR count). The normalized spacial score (nSPS) is 52.2. The van der Waals surface area contributed by atoms with E-state index in [4.69, 9.17) is 15.3 Å². The lowest BCUT2D eigenvalue weighted by molar-refractivity contribution is -0.297. The van der Waals surface area contributed by atoms with Gasteiger partial charge in [0.05, 0.1) is 6.61 Å². The van der Waals surface area contributed by atoms with Gasteiger partial charge in [0.25, 0.3) is 0 Å². The fourth-order valence-electron chi connectivity index (χ4n) is 1.10. The minimum absolute atomic E-state index is 0.696. The first-order valence-corrected chi connectivity index (χ1v) is 4.10. The van der Waals surface area contributed by atoms with E-state index in [9.17, 15) is 10.2 Å². The highest BCUT2D eigenvalue weighted by Crippen LogP contribution is 2.31. The van der Waals surface area contributed by atoms with Gasteiger partial charge in [0.15, 0.2) is 11.2 Å². The van der Waals surface area contributed by atoms with Crippen LogP contribution in [0.15, 0.2) is 0 Å². The van der Waals surface area contributed by atoms with Crippen molar-refractivity contribution in [1.82, 2.24) is 0 Å².